The molecule has 1 saturated heterocycles. The second-order valence-corrected chi connectivity index (χ2v) is 5.49. The summed E-state index contributed by atoms with van der Waals surface area (Å²) in [7, 11) is 0. The Balaban J connectivity index is 2.01. The molecule has 1 amide bonds. The van der Waals surface area contributed by atoms with E-state index in [4.69, 9.17) is 5.73 Å². The molecule has 0 bridgehead atoms. The van der Waals surface area contributed by atoms with Crippen molar-refractivity contribution in [3.05, 3.63) is 29.6 Å². The lowest BCUT2D eigenvalue weighted by Gasteiger charge is -2.10. The maximum Gasteiger partial charge on any atom is 0.271 e. The van der Waals surface area contributed by atoms with Gasteiger partial charge in [-0.25, -0.2) is 4.98 Å². The molecular formula is C14H17N3OS. The summed E-state index contributed by atoms with van der Waals surface area (Å²) < 4.78 is 0. The smallest absolute Gasteiger partial charge is 0.271 e. The number of rotatable bonds is 3. The predicted molar refractivity (Wildman–Crippen MR) is 77.9 cm³/mol. The number of hydrogen-bond donors (Lipinski definition) is 2. The predicted octanol–water partition coefficient (Wildman–Crippen LogP) is 0.875. The molecule has 0 saturated carbocycles. The summed E-state index contributed by atoms with van der Waals surface area (Å²) in [5.41, 5.74) is 6.36. The number of carbonyl (C=O) groups is 1. The van der Waals surface area contributed by atoms with Crippen molar-refractivity contribution < 1.29 is 4.79 Å². The molecule has 1 atom stereocenters. The lowest BCUT2D eigenvalue weighted by Crippen LogP contribution is -2.30. The lowest BCUT2D eigenvalue weighted by molar-refractivity contribution is 0.0943. The fourth-order valence-corrected chi connectivity index (χ4v) is 3.18. The zero-order valence-corrected chi connectivity index (χ0v) is 11.5. The van der Waals surface area contributed by atoms with E-state index in [2.05, 4.69) is 22.1 Å². The van der Waals surface area contributed by atoms with E-state index in [0.29, 0.717) is 23.7 Å². The van der Waals surface area contributed by atoms with Gasteiger partial charge >= 0.3 is 0 Å². The van der Waals surface area contributed by atoms with E-state index in [-0.39, 0.29) is 12.5 Å². The van der Waals surface area contributed by atoms with Crippen molar-refractivity contribution in [1.29, 1.82) is 0 Å². The van der Waals surface area contributed by atoms with Gasteiger partial charge in [-0.3, -0.25) is 4.79 Å². The van der Waals surface area contributed by atoms with Gasteiger partial charge < -0.3 is 11.1 Å². The molecule has 1 fully saturated rings. The largest absolute Gasteiger partial charge is 0.350 e. The Hall–Kier alpha value is -1.51. The number of hydrogen-bond acceptors (Lipinski definition) is 4. The molecule has 0 radical (unpaired) electrons. The van der Waals surface area contributed by atoms with Crippen molar-refractivity contribution in [1.82, 2.24) is 10.3 Å². The van der Waals surface area contributed by atoms with Crippen LogP contribution >= 0.6 is 11.8 Å². The molecule has 1 aromatic rings. The Kier molecular flexibility index (Phi) is 5.25. The molecule has 5 heteroatoms. The van der Waals surface area contributed by atoms with E-state index in [1.54, 1.807) is 18.3 Å². The Bertz CT molecular complexity index is 501. The first-order valence-corrected chi connectivity index (χ1v) is 7.46. The maximum atomic E-state index is 12.1. The minimum Gasteiger partial charge on any atom is -0.350 e. The van der Waals surface area contributed by atoms with Gasteiger partial charge in [-0.15, -0.1) is 0 Å². The van der Waals surface area contributed by atoms with Crippen LogP contribution in [0.5, 0.6) is 0 Å². The number of nitrogens with zero attached hydrogens (tertiary/aromatic N) is 1. The highest BCUT2D eigenvalue weighted by atomic mass is 32.2. The quantitative estimate of drug-likeness (QED) is 0.803. The minimum absolute atomic E-state index is 0.154. The van der Waals surface area contributed by atoms with Crippen molar-refractivity contribution in [3.63, 3.8) is 0 Å². The van der Waals surface area contributed by atoms with Crippen LogP contribution in [-0.2, 0) is 0 Å². The summed E-state index contributed by atoms with van der Waals surface area (Å²) in [5, 5.41) is 2.94. The number of amides is 1. The van der Waals surface area contributed by atoms with Gasteiger partial charge in [0.05, 0.1) is 12.1 Å². The Morgan fingerprint density at radius 1 is 1.63 bits per heavy atom. The third kappa shape index (κ3) is 3.98. The van der Waals surface area contributed by atoms with Crippen LogP contribution in [0.3, 0.4) is 0 Å². The van der Waals surface area contributed by atoms with Gasteiger partial charge in [0.2, 0.25) is 0 Å². The molecule has 4 nitrogen and oxygen atoms in total. The molecule has 0 spiro atoms. The summed E-state index contributed by atoms with van der Waals surface area (Å²) in [6, 6.07) is 3.56. The molecular weight excluding hydrogens is 258 g/mol. The monoisotopic (exact) mass is 275 g/mol. The van der Waals surface area contributed by atoms with Gasteiger partial charge in [-0.05, 0) is 36.0 Å². The first kappa shape index (κ1) is 13.9. The SMILES string of the molecule is NCC#Cc1cccnc1C(=O)NCC1CCSC1. The fraction of sp³-hybridized carbons (Fsp3) is 0.429. The molecule has 1 aromatic heterocycles. The van der Waals surface area contributed by atoms with Gasteiger partial charge in [-0.2, -0.15) is 11.8 Å². The van der Waals surface area contributed by atoms with E-state index < -0.39 is 0 Å². The fourth-order valence-electron chi connectivity index (χ4n) is 1.90. The first-order chi connectivity index (χ1) is 9.31. The summed E-state index contributed by atoms with van der Waals surface area (Å²) in [4.78, 5) is 16.2. The molecule has 19 heavy (non-hydrogen) atoms. The van der Waals surface area contributed by atoms with Crippen LogP contribution in [0.25, 0.3) is 0 Å². The summed E-state index contributed by atoms with van der Waals surface area (Å²) >= 11 is 1.94. The summed E-state index contributed by atoms with van der Waals surface area (Å²) in [5.74, 6) is 8.38. The normalized spacial score (nSPS) is 17.6. The molecule has 1 aliphatic rings. The van der Waals surface area contributed by atoms with Crippen molar-refractivity contribution >= 4 is 17.7 Å². The van der Waals surface area contributed by atoms with Crippen LogP contribution in [0.15, 0.2) is 18.3 Å². The molecule has 0 aliphatic carbocycles. The highest BCUT2D eigenvalue weighted by molar-refractivity contribution is 7.99. The van der Waals surface area contributed by atoms with Gasteiger partial charge in [-0.1, -0.05) is 11.8 Å². The van der Waals surface area contributed by atoms with Crippen LogP contribution in [0.2, 0.25) is 0 Å². The minimum atomic E-state index is -0.154. The first-order valence-electron chi connectivity index (χ1n) is 6.31. The summed E-state index contributed by atoms with van der Waals surface area (Å²) in [6.45, 7) is 0.988. The number of thioether (sulfide) groups is 1. The standard InChI is InChI=1S/C14H17N3OS/c15-6-1-3-12-4-2-7-16-13(12)14(18)17-9-11-5-8-19-10-11/h2,4,7,11H,5-6,8-10,15H2,(H,17,18). The van der Waals surface area contributed by atoms with Crippen molar-refractivity contribution in [3.8, 4) is 11.8 Å². The van der Waals surface area contributed by atoms with E-state index in [1.165, 1.54) is 12.2 Å². The topological polar surface area (TPSA) is 68.0 Å². The van der Waals surface area contributed by atoms with Crippen LogP contribution in [0.1, 0.15) is 22.5 Å². The van der Waals surface area contributed by atoms with Gasteiger partial charge in [0, 0.05) is 12.7 Å². The van der Waals surface area contributed by atoms with Crippen LogP contribution in [0.4, 0.5) is 0 Å². The highest BCUT2D eigenvalue weighted by Crippen LogP contribution is 2.22. The Morgan fingerprint density at radius 3 is 3.26 bits per heavy atom. The van der Waals surface area contributed by atoms with E-state index in [9.17, 15) is 4.79 Å². The van der Waals surface area contributed by atoms with Gasteiger partial charge in [0.1, 0.15) is 5.69 Å². The maximum absolute atomic E-state index is 12.1. The second-order valence-electron chi connectivity index (χ2n) is 4.35. The molecule has 3 N–H and O–H groups in total. The van der Waals surface area contributed by atoms with Crippen molar-refractivity contribution in [2.45, 2.75) is 6.42 Å². The van der Waals surface area contributed by atoms with Crippen molar-refractivity contribution in [2.24, 2.45) is 11.7 Å². The van der Waals surface area contributed by atoms with E-state index in [1.807, 2.05) is 11.8 Å². The average Bonchev–Trinajstić information content (AvgIpc) is 2.96. The second kappa shape index (κ2) is 7.17. The molecule has 100 valence electrons. The van der Waals surface area contributed by atoms with E-state index >= 15 is 0 Å². The molecule has 1 aliphatic heterocycles. The average molecular weight is 275 g/mol. The molecule has 1 unspecified atom stereocenters. The Morgan fingerprint density at radius 2 is 2.53 bits per heavy atom. The van der Waals surface area contributed by atoms with Crippen molar-refractivity contribution in [2.75, 3.05) is 24.6 Å². The van der Waals surface area contributed by atoms with Crippen LogP contribution in [-0.4, -0.2) is 35.5 Å². The van der Waals surface area contributed by atoms with Crippen LogP contribution < -0.4 is 11.1 Å². The van der Waals surface area contributed by atoms with Gasteiger partial charge in [0.15, 0.2) is 0 Å². The summed E-state index contributed by atoms with van der Waals surface area (Å²) in [6.07, 6.45) is 2.78. The number of carbonyl (C=O) groups excluding carboxylic acids is 1. The number of pyridine rings is 1. The van der Waals surface area contributed by atoms with Crippen LogP contribution in [0, 0.1) is 17.8 Å². The molecule has 2 heterocycles. The van der Waals surface area contributed by atoms with Gasteiger partial charge in [0.25, 0.3) is 5.91 Å². The molecule has 2 rings (SSSR count). The number of nitrogens with two attached hydrogens (primary N) is 1. The number of aromatic nitrogens is 1. The molecule has 0 aromatic carbocycles. The third-order valence-corrected chi connectivity index (χ3v) is 4.15. The highest BCUT2D eigenvalue weighted by Gasteiger charge is 2.18. The zero-order valence-electron chi connectivity index (χ0n) is 10.7. The van der Waals surface area contributed by atoms with E-state index in [0.717, 1.165) is 5.75 Å². The zero-order chi connectivity index (χ0) is 13.5. The number of nitrogens with one attached hydrogen (secondary N) is 1. The third-order valence-electron chi connectivity index (χ3n) is 2.92. The Labute approximate surface area is 117 Å². The lowest BCUT2D eigenvalue weighted by atomic mass is 10.1.